The van der Waals surface area contributed by atoms with Crippen LogP contribution in [0.25, 0.3) is 0 Å². The number of unbranched alkanes of at least 4 members (excludes halogenated alkanes) is 2. The zero-order valence-electron chi connectivity index (χ0n) is 19.5. The van der Waals surface area contributed by atoms with Gasteiger partial charge >= 0.3 is 0 Å². The number of rotatable bonds is 10. The molecule has 180 valence electrons. The standard InChI is InChI=1S/C25H35N3O5/c1-3-5-9-14-26-23(31)21-25-13-12-18(33-25)19(22(30)27-16-10-7-6-8-11-16)20(25)24(32)28(21)17(4-2)15-29/h6-8,10-11,17-21,29H,3-5,9,12-15H2,1-2H3,(H,26,31)(H,27,30)/t17-,18-,19+,20-,21?,25?/m0/s1. The van der Waals surface area contributed by atoms with Gasteiger partial charge in [0.25, 0.3) is 0 Å². The number of ether oxygens (including phenoxy) is 1. The summed E-state index contributed by atoms with van der Waals surface area (Å²) in [5.41, 5.74) is -0.369. The Balaban J connectivity index is 1.63. The lowest BCUT2D eigenvalue weighted by molar-refractivity contribution is -0.145. The van der Waals surface area contributed by atoms with Gasteiger partial charge in [-0.3, -0.25) is 14.4 Å². The lowest BCUT2D eigenvalue weighted by Crippen LogP contribution is -2.58. The molecule has 6 atom stereocenters. The van der Waals surface area contributed by atoms with E-state index in [1.54, 1.807) is 12.1 Å². The predicted molar refractivity (Wildman–Crippen MR) is 123 cm³/mol. The van der Waals surface area contributed by atoms with Crippen LogP contribution in [0, 0.1) is 11.8 Å². The number of amides is 3. The summed E-state index contributed by atoms with van der Waals surface area (Å²) < 4.78 is 6.39. The number of anilines is 1. The zero-order chi connectivity index (χ0) is 23.6. The summed E-state index contributed by atoms with van der Waals surface area (Å²) in [4.78, 5) is 42.0. The number of aliphatic hydroxyl groups excluding tert-OH is 1. The van der Waals surface area contributed by atoms with E-state index in [0.717, 1.165) is 19.3 Å². The van der Waals surface area contributed by atoms with E-state index in [1.807, 2.05) is 25.1 Å². The monoisotopic (exact) mass is 457 g/mol. The normalized spacial score (nSPS) is 30.9. The Kier molecular flexibility index (Phi) is 7.05. The van der Waals surface area contributed by atoms with Crippen LogP contribution in [0.3, 0.4) is 0 Å². The van der Waals surface area contributed by atoms with Gasteiger partial charge in [0.1, 0.15) is 11.6 Å². The van der Waals surface area contributed by atoms with Crippen LogP contribution in [0.5, 0.6) is 0 Å². The summed E-state index contributed by atoms with van der Waals surface area (Å²) in [6.45, 7) is 4.27. The van der Waals surface area contributed by atoms with Crippen LogP contribution in [0.4, 0.5) is 5.69 Å². The van der Waals surface area contributed by atoms with Gasteiger partial charge in [-0.2, -0.15) is 0 Å². The van der Waals surface area contributed by atoms with E-state index in [-0.39, 0.29) is 24.3 Å². The number of carbonyl (C=O) groups excluding carboxylic acids is 3. The Morgan fingerprint density at radius 3 is 2.64 bits per heavy atom. The van der Waals surface area contributed by atoms with Crippen molar-refractivity contribution >= 4 is 23.4 Å². The fourth-order valence-corrected chi connectivity index (χ4v) is 5.93. The first-order chi connectivity index (χ1) is 16.0. The molecule has 0 radical (unpaired) electrons. The third-order valence-corrected chi connectivity index (χ3v) is 7.49. The van der Waals surface area contributed by atoms with Crippen LogP contribution < -0.4 is 10.6 Å². The number of aliphatic hydroxyl groups is 1. The molecule has 3 fully saturated rings. The van der Waals surface area contributed by atoms with Gasteiger partial charge in [0.05, 0.1) is 30.6 Å². The molecule has 3 saturated heterocycles. The van der Waals surface area contributed by atoms with Gasteiger partial charge in [-0.25, -0.2) is 0 Å². The Bertz CT molecular complexity index is 874. The van der Waals surface area contributed by atoms with Crippen LogP contribution >= 0.6 is 0 Å². The highest BCUT2D eigenvalue weighted by Crippen LogP contribution is 2.59. The van der Waals surface area contributed by atoms with E-state index in [9.17, 15) is 19.5 Å². The van der Waals surface area contributed by atoms with E-state index in [0.29, 0.717) is 31.5 Å². The van der Waals surface area contributed by atoms with E-state index in [2.05, 4.69) is 17.6 Å². The first-order valence-electron chi connectivity index (χ1n) is 12.2. The van der Waals surface area contributed by atoms with E-state index in [4.69, 9.17) is 4.74 Å². The topological polar surface area (TPSA) is 108 Å². The van der Waals surface area contributed by atoms with Crippen LogP contribution in [0.2, 0.25) is 0 Å². The molecule has 1 aromatic rings. The highest BCUT2D eigenvalue weighted by atomic mass is 16.5. The maximum absolute atomic E-state index is 13.8. The Hall–Kier alpha value is -2.45. The molecule has 8 heteroatoms. The molecular formula is C25H35N3O5. The van der Waals surface area contributed by atoms with Crippen molar-refractivity contribution in [1.82, 2.24) is 10.2 Å². The van der Waals surface area contributed by atoms with Crippen molar-refractivity contribution < 1.29 is 24.2 Å². The summed E-state index contributed by atoms with van der Waals surface area (Å²) in [6, 6.07) is 7.81. The smallest absolute Gasteiger partial charge is 0.245 e. The SMILES string of the molecule is CCCCCNC(=O)C1N([C@@H](CC)CO)C(=O)[C@@H]2[C@H](C(=O)Nc3ccccc3)[C@@H]3CCC12O3. The molecule has 2 bridgehead atoms. The fourth-order valence-electron chi connectivity index (χ4n) is 5.93. The lowest BCUT2D eigenvalue weighted by atomic mass is 9.70. The van der Waals surface area contributed by atoms with Gasteiger partial charge in [0.2, 0.25) is 17.7 Å². The van der Waals surface area contributed by atoms with Gasteiger partial charge < -0.3 is 25.4 Å². The molecule has 0 aromatic heterocycles. The van der Waals surface area contributed by atoms with Gasteiger partial charge in [-0.1, -0.05) is 44.9 Å². The van der Waals surface area contributed by atoms with Crippen molar-refractivity contribution in [2.75, 3.05) is 18.5 Å². The molecule has 0 saturated carbocycles. The third kappa shape index (κ3) is 4.04. The van der Waals surface area contributed by atoms with Gasteiger partial charge in [-0.05, 0) is 37.8 Å². The summed E-state index contributed by atoms with van der Waals surface area (Å²) >= 11 is 0. The molecule has 1 spiro atoms. The Morgan fingerprint density at radius 1 is 1.21 bits per heavy atom. The van der Waals surface area contributed by atoms with Crippen molar-refractivity contribution in [2.24, 2.45) is 11.8 Å². The van der Waals surface area contributed by atoms with Gasteiger partial charge in [0.15, 0.2) is 0 Å². The Morgan fingerprint density at radius 2 is 1.97 bits per heavy atom. The molecule has 0 aliphatic carbocycles. The van der Waals surface area contributed by atoms with E-state index < -0.39 is 35.6 Å². The van der Waals surface area contributed by atoms with Crippen molar-refractivity contribution in [3.05, 3.63) is 30.3 Å². The second-order valence-electron chi connectivity index (χ2n) is 9.40. The second-order valence-corrected chi connectivity index (χ2v) is 9.40. The van der Waals surface area contributed by atoms with Crippen LogP contribution in [-0.4, -0.2) is 64.7 Å². The fraction of sp³-hybridized carbons (Fsp3) is 0.640. The number of hydrogen-bond donors (Lipinski definition) is 3. The lowest BCUT2D eigenvalue weighted by Gasteiger charge is -2.36. The minimum atomic E-state index is -1.03. The van der Waals surface area contributed by atoms with Crippen LogP contribution in [-0.2, 0) is 19.1 Å². The summed E-state index contributed by atoms with van der Waals surface area (Å²) in [6.07, 6.45) is 4.21. The van der Waals surface area contributed by atoms with Gasteiger partial charge in [0, 0.05) is 12.2 Å². The highest BCUT2D eigenvalue weighted by Gasteiger charge is 2.74. The number of likely N-dealkylation sites (tertiary alicyclic amines) is 1. The van der Waals surface area contributed by atoms with Crippen molar-refractivity contribution in [3.63, 3.8) is 0 Å². The molecule has 1 aromatic carbocycles. The molecule has 3 N–H and O–H groups in total. The largest absolute Gasteiger partial charge is 0.394 e. The van der Waals surface area contributed by atoms with Crippen molar-refractivity contribution in [3.8, 4) is 0 Å². The average molecular weight is 458 g/mol. The quantitative estimate of drug-likeness (QED) is 0.466. The molecule has 3 aliphatic rings. The van der Waals surface area contributed by atoms with Crippen LogP contribution in [0.1, 0.15) is 52.4 Å². The molecule has 3 aliphatic heterocycles. The molecule has 8 nitrogen and oxygen atoms in total. The number of nitrogens with zero attached hydrogens (tertiary/aromatic N) is 1. The van der Waals surface area contributed by atoms with Gasteiger partial charge in [-0.15, -0.1) is 0 Å². The predicted octanol–water partition coefficient (Wildman–Crippen LogP) is 2.08. The number of benzene rings is 1. The highest BCUT2D eigenvalue weighted by molar-refractivity contribution is 6.02. The zero-order valence-corrected chi connectivity index (χ0v) is 19.5. The second kappa shape index (κ2) is 9.81. The maximum Gasteiger partial charge on any atom is 0.245 e. The molecule has 2 unspecified atom stereocenters. The number of hydrogen-bond acceptors (Lipinski definition) is 5. The molecule has 3 amide bonds. The molecule has 4 rings (SSSR count). The molecule has 3 heterocycles. The number of nitrogens with one attached hydrogen (secondary N) is 2. The summed E-state index contributed by atoms with van der Waals surface area (Å²) in [7, 11) is 0. The molecule has 33 heavy (non-hydrogen) atoms. The number of fused-ring (bicyclic) bond motifs is 1. The number of para-hydroxylation sites is 1. The maximum atomic E-state index is 13.8. The van der Waals surface area contributed by atoms with Crippen LogP contribution in [0.15, 0.2) is 30.3 Å². The van der Waals surface area contributed by atoms with E-state index >= 15 is 0 Å². The van der Waals surface area contributed by atoms with E-state index in [1.165, 1.54) is 4.90 Å². The molecular weight excluding hydrogens is 422 g/mol. The number of carbonyl (C=O) groups is 3. The first-order valence-corrected chi connectivity index (χ1v) is 12.2. The summed E-state index contributed by atoms with van der Waals surface area (Å²) in [5.74, 6) is -2.17. The third-order valence-electron chi connectivity index (χ3n) is 7.49. The van der Waals surface area contributed by atoms with Crippen molar-refractivity contribution in [1.29, 1.82) is 0 Å². The summed E-state index contributed by atoms with van der Waals surface area (Å²) in [5, 5.41) is 15.9. The average Bonchev–Trinajstić information content (AvgIpc) is 3.46. The Labute approximate surface area is 195 Å². The minimum absolute atomic E-state index is 0.241. The first kappa shape index (κ1) is 23.7. The minimum Gasteiger partial charge on any atom is -0.394 e. The van der Waals surface area contributed by atoms with Crippen molar-refractivity contribution in [2.45, 2.75) is 76.2 Å².